The summed E-state index contributed by atoms with van der Waals surface area (Å²) in [4.78, 5) is 6.25. The second kappa shape index (κ2) is 11.4. The molecule has 0 amide bonds. The van der Waals surface area contributed by atoms with Crippen LogP contribution in [0.5, 0.6) is 0 Å². The first-order valence-corrected chi connectivity index (χ1v) is 28.7. The largest absolute Gasteiger partial charge is 0.310 e. The summed E-state index contributed by atoms with van der Waals surface area (Å²) in [5.74, 6) is 0. The highest BCUT2D eigenvalue weighted by molar-refractivity contribution is 7.27. The number of rotatable bonds is 4. The van der Waals surface area contributed by atoms with Crippen LogP contribution in [0.3, 0.4) is 0 Å². The number of anilines is 3. The van der Waals surface area contributed by atoms with Crippen molar-refractivity contribution in [3.63, 3.8) is 0 Å². The summed E-state index contributed by atoms with van der Waals surface area (Å²) in [5, 5.41) is 3.33. The van der Waals surface area contributed by atoms with Crippen LogP contribution >= 0.6 is 0 Å². The average Bonchev–Trinajstić information content (AvgIpc) is 3.58. The molecule has 6 aromatic rings. The standard InChI is InChI=1S/C49H48BNSi3/c1-49(2)39-32-37(51(35-22-14-10-15-23-35)36-24-16-11-17-25-36)28-29-41(39)50-45-40(49)30-34(33-20-12-9-13-21-33)31-43(45)53(5,6)48-46(50)44-38-26-18-19-27-42(38)52(3,4)47(44)54(48,7)8/h9-32H,1-8H3. The van der Waals surface area contributed by atoms with Crippen LogP contribution < -0.4 is 26.2 Å². The minimum Gasteiger partial charge on any atom is -0.310 e. The van der Waals surface area contributed by atoms with Gasteiger partial charge in [-0.25, -0.2) is 0 Å². The molecule has 0 atom stereocenters. The van der Waals surface area contributed by atoms with Crippen molar-refractivity contribution in [1.29, 1.82) is 0 Å². The van der Waals surface area contributed by atoms with Crippen molar-refractivity contribution in [2.24, 2.45) is 0 Å². The molecular weight excluding hydrogens is 698 g/mol. The Labute approximate surface area is 325 Å². The van der Waals surface area contributed by atoms with E-state index >= 15 is 0 Å². The van der Waals surface area contributed by atoms with Crippen LogP contribution in [0.4, 0.5) is 17.1 Å². The molecule has 4 heterocycles. The quantitative estimate of drug-likeness (QED) is 0.163. The molecule has 0 bridgehead atoms. The topological polar surface area (TPSA) is 3.24 Å². The monoisotopic (exact) mass is 745 g/mol. The summed E-state index contributed by atoms with van der Waals surface area (Å²) in [6, 6.07) is 55.2. The lowest BCUT2D eigenvalue weighted by Gasteiger charge is -2.49. The lowest BCUT2D eigenvalue weighted by molar-refractivity contribution is 0.646. The Morgan fingerprint density at radius 1 is 0.481 bits per heavy atom. The van der Waals surface area contributed by atoms with Gasteiger partial charge < -0.3 is 4.90 Å². The molecule has 0 unspecified atom stereocenters. The predicted octanol–water partition coefficient (Wildman–Crippen LogP) is 10.1. The molecule has 54 heavy (non-hydrogen) atoms. The SMILES string of the molecule is CC1(C)c2cc(N(c3ccccc3)c3ccccc3)ccc2B2C3=C([Si](C)(C)C4=C3c3ccccc3[Si]4(C)C)[Si](C)(C)c3cc(-c4ccccc4)cc1c32. The van der Waals surface area contributed by atoms with E-state index in [-0.39, 0.29) is 12.1 Å². The van der Waals surface area contributed by atoms with E-state index in [1.165, 1.54) is 44.8 Å². The van der Waals surface area contributed by atoms with Gasteiger partial charge in [-0.15, -0.1) is 0 Å². The molecule has 1 nitrogen and oxygen atoms in total. The maximum atomic E-state index is 2.74. The van der Waals surface area contributed by atoms with Gasteiger partial charge in [0, 0.05) is 22.5 Å². The predicted molar refractivity (Wildman–Crippen MR) is 242 cm³/mol. The zero-order chi connectivity index (χ0) is 37.4. The summed E-state index contributed by atoms with van der Waals surface area (Å²) in [5.41, 5.74) is 17.1. The second-order valence-electron chi connectivity index (χ2n) is 18.1. The fraction of sp³-hybridized carbons (Fsp3) is 0.184. The first-order valence-electron chi connectivity index (χ1n) is 19.7. The highest BCUT2D eigenvalue weighted by atomic mass is 28.4. The molecule has 0 radical (unpaired) electrons. The number of hydrogen-bond acceptors (Lipinski definition) is 1. The van der Waals surface area contributed by atoms with E-state index in [1.54, 1.807) is 32.4 Å². The highest BCUT2D eigenvalue weighted by Gasteiger charge is 2.62. The van der Waals surface area contributed by atoms with E-state index in [2.05, 4.69) is 204 Å². The molecule has 6 aromatic carbocycles. The van der Waals surface area contributed by atoms with Gasteiger partial charge in [-0.05, 0) is 75.0 Å². The van der Waals surface area contributed by atoms with Gasteiger partial charge in [-0.3, -0.25) is 0 Å². The number of hydrogen-bond donors (Lipinski definition) is 0. The third-order valence-corrected chi connectivity index (χ3v) is 30.8. The van der Waals surface area contributed by atoms with Crippen molar-refractivity contribution in [3.05, 3.63) is 177 Å². The van der Waals surface area contributed by atoms with Gasteiger partial charge >= 0.3 is 0 Å². The van der Waals surface area contributed by atoms with Crippen LogP contribution in [0.25, 0.3) is 16.7 Å². The van der Waals surface area contributed by atoms with E-state index in [0.29, 0.717) is 0 Å². The van der Waals surface area contributed by atoms with Crippen LogP contribution in [0.1, 0.15) is 30.5 Å². The fourth-order valence-corrected chi connectivity index (χ4v) is 33.6. The second-order valence-corrected chi connectivity index (χ2v) is 32.0. The normalized spacial score (nSPS) is 18.8. The Morgan fingerprint density at radius 2 is 1.06 bits per heavy atom. The van der Waals surface area contributed by atoms with Crippen LogP contribution in [0.2, 0.25) is 39.3 Å². The lowest BCUT2D eigenvalue weighted by atomic mass is 9.30. The minimum atomic E-state index is -2.13. The van der Waals surface area contributed by atoms with Gasteiger partial charge in [0.05, 0.1) is 8.07 Å². The fourth-order valence-electron chi connectivity index (χ4n) is 11.8. The number of fused-ring (bicyclic) bond motifs is 6. The van der Waals surface area contributed by atoms with Gasteiger partial charge in [0.15, 0.2) is 0 Å². The molecule has 0 N–H and O–H groups in total. The van der Waals surface area contributed by atoms with Crippen LogP contribution in [0, 0.1) is 0 Å². The molecular formula is C49H48BNSi3. The summed E-state index contributed by atoms with van der Waals surface area (Å²) in [6.45, 7) is 21.5. The Balaban J connectivity index is 1.30. The van der Waals surface area contributed by atoms with Gasteiger partial charge in [-0.1, -0.05) is 194 Å². The maximum Gasteiger partial charge on any atom is 0.241 e. The summed E-state index contributed by atoms with van der Waals surface area (Å²) in [7, 11) is -6.04. The molecule has 10 rings (SSSR count). The summed E-state index contributed by atoms with van der Waals surface area (Å²) in [6.07, 6.45) is 0. The molecule has 4 aliphatic heterocycles. The number of allylic oxidation sites excluding steroid dienone is 2. The number of benzene rings is 6. The Kier molecular flexibility index (Phi) is 7.16. The van der Waals surface area contributed by atoms with E-state index in [4.69, 9.17) is 0 Å². The van der Waals surface area contributed by atoms with Crippen molar-refractivity contribution < 1.29 is 0 Å². The smallest absolute Gasteiger partial charge is 0.241 e. The zero-order valence-corrected chi connectivity index (χ0v) is 35.9. The summed E-state index contributed by atoms with van der Waals surface area (Å²) >= 11 is 0. The Hall–Kier alpha value is -4.68. The van der Waals surface area contributed by atoms with Crippen LogP contribution in [-0.4, -0.2) is 30.9 Å². The van der Waals surface area contributed by atoms with E-state index < -0.39 is 24.2 Å². The van der Waals surface area contributed by atoms with E-state index in [0.717, 1.165) is 0 Å². The van der Waals surface area contributed by atoms with Crippen molar-refractivity contribution in [3.8, 4) is 11.1 Å². The van der Waals surface area contributed by atoms with Gasteiger partial charge in [-0.2, -0.15) is 0 Å². The van der Waals surface area contributed by atoms with Gasteiger partial charge in [0.1, 0.15) is 16.1 Å². The van der Waals surface area contributed by atoms with E-state index in [9.17, 15) is 0 Å². The molecule has 0 saturated carbocycles. The van der Waals surface area contributed by atoms with Crippen molar-refractivity contribution >= 4 is 74.9 Å². The first kappa shape index (κ1) is 33.9. The van der Waals surface area contributed by atoms with Crippen molar-refractivity contribution in [2.75, 3.05) is 4.90 Å². The molecule has 0 fully saturated rings. The van der Waals surface area contributed by atoms with Crippen molar-refractivity contribution in [2.45, 2.75) is 58.5 Å². The zero-order valence-electron chi connectivity index (χ0n) is 32.9. The lowest BCUT2D eigenvalue weighted by Crippen LogP contribution is -2.71. The molecule has 5 heteroatoms. The maximum absolute atomic E-state index is 2.74. The van der Waals surface area contributed by atoms with Gasteiger partial charge in [0.2, 0.25) is 6.71 Å². The average molecular weight is 746 g/mol. The summed E-state index contributed by atoms with van der Waals surface area (Å²) < 4.78 is 0. The van der Waals surface area contributed by atoms with Gasteiger partial charge in [0.25, 0.3) is 0 Å². The molecule has 0 spiro atoms. The third kappa shape index (κ3) is 4.43. The number of nitrogens with zero attached hydrogens (tertiary/aromatic N) is 1. The Bertz CT molecular complexity index is 2560. The highest BCUT2D eigenvalue weighted by Crippen LogP contribution is 2.56. The van der Waals surface area contributed by atoms with E-state index in [1.807, 2.05) is 9.64 Å². The molecule has 0 saturated heterocycles. The van der Waals surface area contributed by atoms with Crippen LogP contribution in [0.15, 0.2) is 161 Å². The Morgan fingerprint density at radius 3 is 1.70 bits per heavy atom. The molecule has 0 aliphatic carbocycles. The molecule has 4 aliphatic rings. The van der Waals surface area contributed by atoms with Crippen molar-refractivity contribution in [1.82, 2.24) is 0 Å². The minimum absolute atomic E-state index is 0.206. The molecule has 0 aromatic heterocycles. The van der Waals surface area contributed by atoms with Crippen LogP contribution in [-0.2, 0) is 5.41 Å². The third-order valence-electron chi connectivity index (χ3n) is 13.7. The number of para-hydroxylation sites is 2. The molecule has 264 valence electrons. The first-order chi connectivity index (χ1) is 25.8.